The van der Waals surface area contributed by atoms with Gasteiger partial charge in [-0.3, -0.25) is 9.52 Å². The number of amides is 1. The van der Waals surface area contributed by atoms with Crippen molar-refractivity contribution in [3.63, 3.8) is 0 Å². The number of nitrogens with zero attached hydrogens (tertiary/aromatic N) is 1. The minimum atomic E-state index is -3.91. The number of hydrogen-bond donors (Lipinski definition) is 1. The molecule has 1 N–H and O–H groups in total. The summed E-state index contributed by atoms with van der Waals surface area (Å²) in [5, 5.41) is 1.98. The zero-order valence-electron chi connectivity index (χ0n) is 19.0. The molecule has 3 aromatic rings. The molecule has 0 radical (unpaired) electrons. The van der Waals surface area contributed by atoms with E-state index in [-0.39, 0.29) is 22.4 Å². The topological polar surface area (TPSA) is 92.8 Å². The number of carbonyl (C=O) groups is 2. The number of benzene rings is 2. The molecule has 34 heavy (non-hydrogen) atoms. The number of hydrogen-bond acceptors (Lipinski definition) is 6. The largest absolute Gasteiger partial charge is 0.452 e. The number of carbonyl (C=O) groups excluding carboxylic acids is 2. The fraction of sp³-hybridized carbons (Fsp3) is 0.280. The fourth-order valence-electron chi connectivity index (χ4n) is 4.04. The van der Waals surface area contributed by atoms with Crippen molar-refractivity contribution in [3.8, 4) is 0 Å². The molecule has 0 saturated carbocycles. The molecule has 1 fully saturated rings. The summed E-state index contributed by atoms with van der Waals surface area (Å²) in [5.41, 5.74) is 2.01. The van der Waals surface area contributed by atoms with Crippen LogP contribution in [0.4, 0.5) is 5.69 Å². The summed E-state index contributed by atoms with van der Waals surface area (Å²) in [5.74, 6) is -0.989. The molecule has 0 spiro atoms. The third-order valence-corrected chi connectivity index (χ3v) is 8.13. The average molecular weight is 499 g/mol. The van der Waals surface area contributed by atoms with Crippen LogP contribution < -0.4 is 4.72 Å². The summed E-state index contributed by atoms with van der Waals surface area (Å²) < 4.78 is 33.6. The van der Waals surface area contributed by atoms with Crippen molar-refractivity contribution in [2.45, 2.75) is 37.6 Å². The second-order valence-corrected chi connectivity index (χ2v) is 11.0. The Kier molecular flexibility index (Phi) is 7.04. The number of anilines is 1. The van der Waals surface area contributed by atoms with E-state index in [1.165, 1.54) is 12.1 Å². The first-order chi connectivity index (χ1) is 16.2. The summed E-state index contributed by atoms with van der Waals surface area (Å²) in [4.78, 5) is 28.4. The third kappa shape index (κ3) is 5.31. The Morgan fingerprint density at radius 1 is 1.12 bits per heavy atom. The summed E-state index contributed by atoms with van der Waals surface area (Å²) in [6, 6.07) is 15.2. The second kappa shape index (κ2) is 9.99. The van der Waals surface area contributed by atoms with Gasteiger partial charge in [0.05, 0.1) is 16.5 Å². The Morgan fingerprint density at radius 3 is 2.68 bits per heavy atom. The number of thiophene rings is 1. The molecule has 0 bridgehead atoms. The lowest BCUT2D eigenvalue weighted by molar-refractivity contribution is -0.135. The standard InChI is InChI=1S/C25H26N2O5S2/c1-17-6-3-7-19(14-17)26-34(30,31)20-11-10-18(2)21(15-20)25(29)32-16-24(28)27-12-4-8-22(27)23-9-5-13-33-23/h3,5-7,9-11,13-15,22,26H,4,8,12,16H2,1-2H3/t22-/m0/s1. The highest BCUT2D eigenvalue weighted by Crippen LogP contribution is 2.34. The summed E-state index contributed by atoms with van der Waals surface area (Å²) in [6.45, 7) is 3.79. The first-order valence-electron chi connectivity index (χ1n) is 10.9. The van der Waals surface area contributed by atoms with Crippen molar-refractivity contribution < 1.29 is 22.7 Å². The predicted molar refractivity (Wildman–Crippen MR) is 131 cm³/mol. The van der Waals surface area contributed by atoms with Crippen molar-refractivity contribution in [2.75, 3.05) is 17.9 Å². The summed E-state index contributed by atoms with van der Waals surface area (Å²) >= 11 is 1.61. The van der Waals surface area contributed by atoms with Crippen LogP contribution in [0, 0.1) is 13.8 Å². The lowest BCUT2D eigenvalue weighted by Gasteiger charge is -2.23. The number of aryl methyl sites for hydroxylation is 2. The normalized spacial score (nSPS) is 15.8. The quantitative estimate of drug-likeness (QED) is 0.477. The monoisotopic (exact) mass is 498 g/mol. The number of esters is 1. The van der Waals surface area contributed by atoms with Crippen LogP contribution in [0.2, 0.25) is 0 Å². The minimum absolute atomic E-state index is 0.00843. The van der Waals surface area contributed by atoms with Gasteiger partial charge in [0.2, 0.25) is 0 Å². The number of ether oxygens (including phenoxy) is 1. The first kappa shape index (κ1) is 24.0. The van der Waals surface area contributed by atoms with Gasteiger partial charge in [-0.15, -0.1) is 11.3 Å². The van der Waals surface area contributed by atoms with Gasteiger partial charge in [-0.05, 0) is 73.5 Å². The summed E-state index contributed by atoms with van der Waals surface area (Å²) in [7, 11) is -3.91. The SMILES string of the molecule is Cc1cccc(NS(=O)(=O)c2ccc(C)c(C(=O)OCC(=O)N3CCC[C@H]3c3cccs3)c2)c1. The molecule has 1 aliphatic rings. The molecule has 1 amide bonds. The van der Waals surface area contributed by atoms with Crippen molar-refractivity contribution in [2.24, 2.45) is 0 Å². The van der Waals surface area contributed by atoms with E-state index in [1.807, 2.05) is 30.5 Å². The van der Waals surface area contributed by atoms with E-state index < -0.39 is 22.6 Å². The van der Waals surface area contributed by atoms with Gasteiger partial charge in [-0.25, -0.2) is 13.2 Å². The Bertz CT molecular complexity index is 1300. The number of rotatable bonds is 7. The van der Waals surface area contributed by atoms with Crippen LogP contribution in [0.3, 0.4) is 0 Å². The molecule has 178 valence electrons. The summed E-state index contributed by atoms with van der Waals surface area (Å²) in [6.07, 6.45) is 1.78. The Labute approximate surface area is 203 Å². The first-order valence-corrected chi connectivity index (χ1v) is 13.3. The number of sulfonamides is 1. The lowest BCUT2D eigenvalue weighted by atomic mass is 10.1. The third-order valence-electron chi connectivity index (χ3n) is 5.78. The van der Waals surface area contributed by atoms with E-state index in [0.717, 1.165) is 23.3 Å². The van der Waals surface area contributed by atoms with Crippen LogP contribution in [0.25, 0.3) is 0 Å². The van der Waals surface area contributed by atoms with Gasteiger partial charge in [-0.1, -0.05) is 24.3 Å². The predicted octanol–water partition coefficient (Wildman–Crippen LogP) is 4.69. The molecule has 2 aromatic carbocycles. The molecule has 1 aromatic heterocycles. The van der Waals surface area contributed by atoms with Crippen LogP contribution in [0.1, 0.15) is 45.2 Å². The molecule has 9 heteroatoms. The van der Waals surface area contributed by atoms with Gasteiger partial charge >= 0.3 is 5.97 Å². The van der Waals surface area contributed by atoms with E-state index in [2.05, 4.69) is 4.72 Å². The number of likely N-dealkylation sites (tertiary alicyclic amines) is 1. The van der Waals surface area contributed by atoms with Gasteiger partial charge in [0.25, 0.3) is 15.9 Å². The zero-order chi connectivity index (χ0) is 24.3. The molecule has 7 nitrogen and oxygen atoms in total. The Morgan fingerprint density at radius 2 is 1.94 bits per heavy atom. The Hall–Kier alpha value is -3.17. The van der Waals surface area contributed by atoms with E-state index in [4.69, 9.17) is 4.74 Å². The van der Waals surface area contributed by atoms with Gasteiger partial charge in [-0.2, -0.15) is 0 Å². The van der Waals surface area contributed by atoms with Crippen molar-refractivity contribution in [1.29, 1.82) is 0 Å². The maximum Gasteiger partial charge on any atom is 0.338 e. The highest BCUT2D eigenvalue weighted by atomic mass is 32.2. The lowest BCUT2D eigenvalue weighted by Crippen LogP contribution is -2.34. The molecule has 1 saturated heterocycles. The van der Waals surface area contributed by atoms with Gasteiger partial charge in [0, 0.05) is 17.1 Å². The molecule has 2 heterocycles. The second-order valence-electron chi connectivity index (χ2n) is 8.29. The molecule has 1 aliphatic heterocycles. The van der Waals surface area contributed by atoms with Crippen molar-refractivity contribution in [3.05, 3.63) is 81.5 Å². The van der Waals surface area contributed by atoms with E-state index in [9.17, 15) is 18.0 Å². The van der Waals surface area contributed by atoms with Crippen LogP contribution in [0.15, 0.2) is 64.9 Å². The Balaban J connectivity index is 1.45. The van der Waals surface area contributed by atoms with Crippen LogP contribution in [0.5, 0.6) is 0 Å². The average Bonchev–Trinajstić information content (AvgIpc) is 3.49. The van der Waals surface area contributed by atoms with Crippen molar-refractivity contribution in [1.82, 2.24) is 4.90 Å². The van der Waals surface area contributed by atoms with E-state index >= 15 is 0 Å². The molecular weight excluding hydrogens is 472 g/mol. The fourth-order valence-corrected chi connectivity index (χ4v) is 5.99. The van der Waals surface area contributed by atoms with E-state index in [1.54, 1.807) is 47.4 Å². The van der Waals surface area contributed by atoms with Crippen LogP contribution in [-0.4, -0.2) is 38.3 Å². The molecule has 0 aliphatic carbocycles. The highest BCUT2D eigenvalue weighted by Gasteiger charge is 2.31. The van der Waals surface area contributed by atoms with Gasteiger partial charge < -0.3 is 9.64 Å². The maximum absolute atomic E-state index is 12.9. The van der Waals surface area contributed by atoms with Crippen LogP contribution in [-0.2, 0) is 19.6 Å². The molecule has 0 unspecified atom stereocenters. The highest BCUT2D eigenvalue weighted by molar-refractivity contribution is 7.92. The molecular formula is C25H26N2O5S2. The maximum atomic E-state index is 12.9. The smallest absolute Gasteiger partial charge is 0.338 e. The molecule has 4 rings (SSSR count). The van der Waals surface area contributed by atoms with E-state index in [0.29, 0.717) is 17.8 Å². The van der Waals surface area contributed by atoms with Crippen LogP contribution >= 0.6 is 11.3 Å². The molecule has 1 atom stereocenters. The van der Waals surface area contributed by atoms with Gasteiger partial charge in [0.1, 0.15) is 0 Å². The minimum Gasteiger partial charge on any atom is -0.452 e. The van der Waals surface area contributed by atoms with Gasteiger partial charge in [0.15, 0.2) is 6.61 Å². The number of nitrogens with one attached hydrogen (secondary N) is 1. The van der Waals surface area contributed by atoms with Crippen molar-refractivity contribution >= 4 is 38.9 Å². The zero-order valence-corrected chi connectivity index (χ0v) is 20.6.